The van der Waals surface area contributed by atoms with E-state index in [0.717, 1.165) is 18.1 Å². The van der Waals surface area contributed by atoms with Gasteiger partial charge in [0.25, 0.3) is 0 Å². The van der Waals surface area contributed by atoms with Crippen molar-refractivity contribution in [1.82, 2.24) is 0 Å². The van der Waals surface area contributed by atoms with Gasteiger partial charge in [0, 0.05) is 5.70 Å². The lowest BCUT2D eigenvalue weighted by molar-refractivity contribution is -0.137. The molecule has 0 aliphatic heterocycles. The SMILES string of the molecule is CC/C(N)=C/c1cc(C(F)(F)F)ccc1[C@H](C)CC. The summed E-state index contributed by atoms with van der Waals surface area (Å²) in [6, 6.07) is 3.89. The van der Waals surface area contributed by atoms with Crippen LogP contribution in [0.1, 0.15) is 56.2 Å². The molecular formula is C15H20F3N. The van der Waals surface area contributed by atoms with E-state index >= 15 is 0 Å². The Morgan fingerprint density at radius 1 is 1.32 bits per heavy atom. The molecule has 1 nitrogen and oxygen atoms in total. The van der Waals surface area contributed by atoms with Crippen molar-refractivity contribution in [2.75, 3.05) is 0 Å². The summed E-state index contributed by atoms with van der Waals surface area (Å²) in [5.74, 6) is 0.207. The van der Waals surface area contributed by atoms with Gasteiger partial charge in [0.1, 0.15) is 0 Å². The molecule has 19 heavy (non-hydrogen) atoms. The highest BCUT2D eigenvalue weighted by Crippen LogP contribution is 2.33. The number of allylic oxidation sites excluding steroid dienone is 1. The van der Waals surface area contributed by atoms with E-state index in [4.69, 9.17) is 5.73 Å². The first-order chi connectivity index (χ1) is 8.79. The van der Waals surface area contributed by atoms with Crippen molar-refractivity contribution in [3.8, 4) is 0 Å². The monoisotopic (exact) mass is 271 g/mol. The van der Waals surface area contributed by atoms with Gasteiger partial charge < -0.3 is 5.73 Å². The van der Waals surface area contributed by atoms with E-state index in [1.54, 1.807) is 12.1 Å². The lowest BCUT2D eigenvalue weighted by Crippen LogP contribution is -2.07. The number of alkyl halides is 3. The summed E-state index contributed by atoms with van der Waals surface area (Å²) in [5, 5.41) is 0. The Kier molecular flexibility index (Phi) is 5.04. The zero-order valence-electron chi connectivity index (χ0n) is 11.5. The van der Waals surface area contributed by atoms with Crippen LogP contribution in [0.25, 0.3) is 6.08 Å². The number of benzene rings is 1. The maximum absolute atomic E-state index is 12.7. The Morgan fingerprint density at radius 2 is 1.95 bits per heavy atom. The molecule has 0 saturated heterocycles. The van der Waals surface area contributed by atoms with Crippen LogP contribution >= 0.6 is 0 Å². The van der Waals surface area contributed by atoms with Gasteiger partial charge in [-0.1, -0.05) is 26.8 Å². The highest BCUT2D eigenvalue weighted by molar-refractivity contribution is 5.58. The number of halogens is 3. The van der Waals surface area contributed by atoms with Crippen molar-refractivity contribution < 1.29 is 13.2 Å². The lowest BCUT2D eigenvalue weighted by atomic mass is 9.91. The normalized spacial score (nSPS) is 14.5. The summed E-state index contributed by atoms with van der Waals surface area (Å²) in [7, 11) is 0. The second kappa shape index (κ2) is 6.13. The third kappa shape index (κ3) is 4.01. The van der Waals surface area contributed by atoms with Gasteiger partial charge in [0.15, 0.2) is 0 Å². The highest BCUT2D eigenvalue weighted by Gasteiger charge is 2.31. The molecule has 0 unspecified atom stereocenters. The van der Waals surface area contributed by atoms with E-state index in [1.165, 1.54) is 6.07 Å². The zero-order chi connectivity index (χ0) is 14.6. The Labute approximate surface area is 112 Å². The van der Waals surface area contributed by atoms with Crippen molar-refractivity contribution in [1.29, 1.82) is 0 Å². The molecule has 1 rings (SSSR count). The molecule has 0 aliphatic rings. The molecular weight excluding hydrogens is 251 g/mol. The average Bonchev–Trinajstić information content (AvgIpc) is 2.36. The maximum Gasteiger partial charge on any atom is 0.416 e. The Morgan fingerprint density at radius 3 is 2.42 bits per heavy atom. The minimum Gasteiger partial charge on any atom is -0.402 e. The fourth-order valence-electron chi connectivity index (χ4n) is 1.85. The smallest absolute Gasteiger partial charge is 0.402 e. The first-order valence-corrected chi connectivity index (χ1v) is 6.46. The quantitative estimate of drug-likeness (QED) is 0.825. The molecule has 0 aromatic heterocycles. The van der Waals surface area contributed by atoms with Crippen LogP contribution in [0.15, 0.2) is 23.9 Å². The maximum atomic E-state index is 12.7. The van der Waals surface area contributed by atoms with Crippen molar-refractivity contribution in [3.63, 3.8) is 0 Å². The minimum absolute atomic E-state index is 0.207. The summed E-state index contributed by atoms with van der Waals surface area (Å²) in [6.07, 6.45) is -1.18. The molecule has 0 spiro atoms. The first-order valence-electron chi connectivity index (χ1n) is 6.46. The molecule has 0 radical (unpaired) electrons. The average molecular weight is 271 g/mol. The molecule has 0 fully saturated rings. The van der Waals surface area contributed by atoms with E-state index in [0.29, 0.717) is 17.7 Å². The van der Waals surface area contributed by atoms with E-state index in [9.17, 15) is 13.2 Å². The van der Waals surface area contributed by atoms with Crippen molar-refractivity contribution in [2.45, 2.75) is 45.7 Å². The molecule has 1 aromatic carbocycles. The van der Waals surface area contributed by atoms with E-state index in [2.05, 4.69) is 0 Å². The molecule has 0 amide bonds. The van der Waals surface area contributed by atoms with Gasteiger partial charge in [-0.05, 0) is 48.1 Å². The Bertz CT molecular complexity index is 461. The molecule has 0 saturated carbocycles. The molecule has 4 heteroatoms. The van der Waals surface area contributed by atoms with Gasteiger partial charge >= 0.3 is 6.18 Å². The molecule has 0 heterocycles. The second-order valence-corrected chi connectivity index (χ2v) is 4.72. The van der Waals surface area contributed by atoms with Crippen molar-refractivity contribution in [2.24, 2.45) is 5.73 Å². The Hall–Kier alpha value is -1.45. The molecule has 1 aromatic rings. The fourth-order valence-corrected chi connectivity index (χ4v) is 1.85. The van der Waals surface area contributed by atoms with Gasteiger partial charge in [0.2, 0.25) is 0 Å². The largest absolute Gasteiger partial charge is 0.416 e. The van der Waals surface area contributed by atoms with Gasteiger partial charge in [-0.25, -0.2) is 0 Å². The van der Waals surface area contributed by atoms with Crippen molar-refractivity contribution >= 4 is 6.08 Å². The number of nitrogens with two attached hydrogens (primary N) is 1. The Balaban J connectivity index is 3.34. The summed E-state index contributed by atoms with van der Waals surface area (Å²) in [5.41, 5.74) is 7.19. The summed E-state index contributed by atoms with van der Waals surface area (Å²) >= 11 is 0. The lowest BCUT2D eigenvalue weighted by Gasteiger charge is -2.16. The van der Waals surface area contributed by atoms with E-state index < -0.39 is 11.7 Å². The number of hydrogen-bond acceptors (Lipinski definition) is 1. The van der Waals surface area contributed by atoms with Crippen LogP contribution in [0.5, 0.6) is 0 Å². The summed E-state index contributed by atoms with van der Waals surface area (Å²) in [6.45, 7) is 5.89. The van der Waals surface area contributed by atoms with Crippen LogP contribution in [0.3, 0.4) is 0 Å². The van der Waals surface area contributed by atoms with Crippen LogP contribution in [0.4, 0.5) is 13.2 Å². The van der Waals surface area contributed by atoms with Crippen LogP contribution < -0.4 is 5.73 Å². The van der Waals surface area contributed by atoms with Crippen LogP contribution in [-0.4, -0.2) is 0 Å². The highest BCUT2D eigenvalue weighted by atomic mass is 19.4. The third-order valence-electron chi connectivity index (χ3n) is 3.31. The fraction of sp³-hybridized carbons (Fsp3) is 0.467. The van der Waals surface area contributed by atoms with Crippen LogP contribution in [-0.2, 0) is 6.18 Å². The predicted molar refractivity (Wildman–Crippen MR) is 72.6 cm³/mol. The second-order valence-electron chi connectivity index (χ2n) is 4.72. The molecule has 106 valence electrons. The standard InChI is InChI=1S/C15H20F3N/c1-4-10(3)14-7-6-12(15(16,17)18)8-11(14)9-13(19)5-2/h6-10H,4-5,19H2,1-3H3/b13-9-/t10-/m1/s1. The predicted octanol–water partition coefficient (Wildman–Crippen LogP) is 4.93. The number of rotatable bonds is 4. The van der Waals surface area contributed by atoms with Crippen molar-refractivity contribution in [3.05, 3.63) is 40.6 Å². The minimum atomic E-state index is -4.32. The number of hydrogen-bond donors (Lipinski definition) is 1. The van der Waals surface area contributed by atoms with Gasteiger partial charge in [-0.3, -0.25) is 0 Å². The molecule has 0 aliphatic carbocycles. The van der Waals surface area contributed by atoms with E-state index in [-0.39, 0.29) is 5.92 Å². The zero-order valence-corrected chi connectivity index (χ0v) is 11.5. The summed E-state index contributed by atoms with van der Waals surface area (Å²) < 4.78 is 38.2. The summed E-state index contributed by atoms with van der Waals surface area (Å²) in [4.78, 5) is 0. The third-order valence-corrected chi connectivity index (χ3v) is 3.31. The van der Waals surface area contributed by atoms with Crippen LogP contribution in [0, 0.1) is 0 Å². The molecule has 0 bridgehead atoms. The van der Waals surface area contributed by atoms with Gasteiger partial charge in [-0.15, -0.1) is 0 Å². The van der Waals surface area contributed by atoms with E-state index in [1.807, 2.05) is 20.8 Å². The van der Waals surface area contributed by atoms with Gasteiger partial charge in [0.05, 0.1) is 5.56 Å². The van der Waals surface area contributed by atoms with Crippen LogP contribution in [0.2, 0.25) is 0 Å². The first kappa shape index (κ1) is 15.6. The topological polar surface area (TPSA) is 26.0 Å². The van der Waals surface area contributed by atoms with Gasteiger partial charge in [-0.2, -0.15) is 13.2 Å². The molecule has 2 N–H and O–H groups in total. The molecule has 1 atom stereocenters.